The second-order valence-corrected chi connectivity index (χ2v) is 7.15. The standard InChI is InChI=1S/C20H26N4O2/c25-20(16-3-1-2-15(14-16)19-21-8-9-22-19)23-17-4-10-24(11-5-17)18-6-12-26-13-7-18/h1-3,8-9,14,17-18H,4-7,10-13H2,(H,21,22)(H,23,25). The number of carbonyl (C=O) groups is 1. The molecule has 0 spiro atoms. The molecule has 0 bridgehead atoms. The quantitative estimate of drug-likeness (QED) is 0.885. The molecule has 4 rings (SSSR count). The molecule has 1 aromatic heterocycles. The highest BCUT2D eigenvalue weighted by molar-refractivity contribution is 5.95. The summed E-state index contributed by atoms with van der Waals surface area (Å²) in [6.45, 7) is 3.88. The van der Waals surface area contributed by atoms with Crippen LogP contribution in [-0.4, -0.2) is 59.2 Å². The number of aromatic amines is 1. The second-order valence-electron chi connectivity index (χ2n) is 7.15. The normalized spacial score (nSPS) is 20.2. The van der Waals surface area contributed by atoms with Gasteiger partial charge >= 0.3 is 0 Å². The Balaban J connectivity index is 1.32. The summed E-state index contributed by atoms with van der Waals surface area (Å²) in [5.41, 5.74) is 1.61. The van der Waals surface area contributed by atoms with Gasteiger partial charge in [-0.2, -0.15) is 0 Å². The van der Waals surface area contributed by atoms with Gasteiger partial charge in [0.05, 0.1) is 0 Å². The molecule has 0 atom stereocenters. The Bertz CT molecular complexity index is 717. The highest BCUT2D eigenvalue weighted by atomic mass is 16.5. The molecule has 1 amide bonds. The van der Waals surface area contributed by atoms with Gasteiger partial charge in [0.15, 0.2) is 0 Å². The van der Waals surface area contributed by atoms with Gasteiger partial charge in [-0.1, -0.05) is 12.1 Å². The van der Waals surface area contributed by atoms with Crippen LogP contribution in [-0.2, 0) is 4.74 Å². The number of hydrogen-bond acceptors (Lipinski definition) is 4. The molecule has 1 aromatic carbocycles. The Hall–Kier alpha value is -2.18. The minimum Gasteiger partial charge on any atom is -0.381 e. The number of carbonyl (C=O) groups excluding carboxylic acids is 1. The summed E-state index contributed by atoms with van der Waals surface area (Å²) in [4.78, 5) is 22.6. The zero-order valence-corrected chi connectivity index (χ0v) is 15.0. The number of rotatable bonds is 4. The predicted octanol–water partition coefficient (Wildman–Crippen LogP) is 2.45. The number of hydrogen-bond donors (Lipinski definition) is 2. The van der Waals surface area contributed by atoms with Crippen molar-refractivity contribution in [2.75, 3.05) is 26.3 Å². The van der Waals surface area contributed by atoms with E-state index in [1.165, 1.54) is 0 Å². The van der Waals surface area contributed by atoms with E-state index >= 15 is 0 Å². The number of nitrogens with one attached hydrogen (secondary N) is 2. The van der Waals surface area contributed by atoms with Crippen LogP contribution in [0, 0.1) is 0 Å². The van der Waals surface area contributed by atoms with Crippen molar-refractivity contribution in [3.05, 3.63) is 42.2 Å². The van der Waals surface area contributed by atoms with Crippen LogP contribution in [0.15, 0.2) is 36.7 Å². The number of piperidine rings is 1. The molecule has 0 unspecified atom stereocenters. The first-order valence-electron chi connectivity index (χ1n) is 9.52. The van der Waals surface area contributed by atoms with Crippen LogP contribution in [0.1, 0.15) is 36.0 Å². The van der Waals surface area contributed by atoms with Gasteiger partial charge < -0.3 is 19.9 Å². The van der Waals surface area contributed by atoms with E-state index in [-0.39, 0.29) is 11.9 Å². The molecule has 6 heteroatoms. The first-order valence-corrected chi connectivity index (χ1v) is 9.52. The molecule has 0 aliphatic carbocycles. The van der Waals surface area contributed by atoms with E-state index in [2.05, 4.69) is 20.2 Å². The monoisotopic (exact) mass is 354 g/mol. The van der Waals surface area contributed by atoms with E-state index in [1.54, 1.807) is 12.4 Å². The first-order chi connectivity index (χ1) is 12.8. The molecule has 2 aliphatic rings. The third-order valence-corrected chi connectivity index (χ3v) is 5.47. The van der Waals surface area contributed by atoms with Crippen molar-refractivity contribution in [3.63, 3.8) is 0 Å². The summed E-state index contributed by atoms with van der Waals surface area (Å²) in [7, 11) is 0. The minimum atomic E-state index is 0.00271. The number of likely N-dealkylation sites (tertiary alicyclic amines) is 1. The highest BCUT2D eigenvalue weighted by Gasteiger charge is 2.27. The molecule has 2 N–H and O–H groups in total. The third-order valence-electron chi connectivity index (χ3n) is 5.47. The lowest BCUT2D eigenvalue weighted by atomic mass is 9.99. The summed E-state index contributed by atoms with van der Waals surface area (Å²) in [5.74, 6) is 0.785. The van der Waals surface area contributed by atoms with Crippen molar-refractivity contribution in [1.82, 2.24) is 20.2 Å². The number of ether oxygens (including phenoxy) is 1. The Morgan fingerprint density at radius 2 is 2.00 bits per heavy atom. The second kappa shape index (κ2) is 8.01. The Morgan fingerprint density at radius 3 is 2.73 bits per heavy atom. The Labute approximate surface area is 154 Å². The fourth-order valence-electron chi connectivity index (χ4n) is 3.96. The molecule has 0 radical (unpaired) electrons. The number of imidazole rings is 1. The molecule has 26 heavy (non-hydrogen) atoms. The first kappa shape index (κ1) is 17.2. The van der Waals surface area contributed by atoms with Gasteiger partial charge in [-0.3, -0.25) is 4.79 Å². The average Bonchev–Trinajstić information content (AvgIpc) is 3.24. The molecule has 2 saturated heterocycles. The molecule has 138 valence electrons. The van der Waals surface area contributed by atoms with E-state index in [0.29, 0.717) is 11.6 Å². The molecule has 2 aliphatic heterocycles. The van der Waals surface area contributed by atoms with Crippen LogP contribution < -0.4 is 5.32 Å². The van der Waals surface area contributed by atoms with Gasteiger partial charge in [-0.25, -0.2) is 4.98 Å². The van der Waals surface area contributed by atoms with Crippen LogP contribution in [0.4, 0.5) is 0 Å². The largest absolute Gasteiger partial charge is 0.381 e. The van der Waals surface area contributed by atoms with Crippen LogP contribution in [0.25, 0.3) is 11.4 Å². The summed E-state index contributed by atoms with van der Waals surface area (Å²) in [5, 5.41) is 3.21. The lowest BCUT2D eigenvalue weighted by Crippen LogP contribution is -2.49. The fraction of sp³-hybridized carbons (Fsp3) is 0.500. The van der Waals surface area contributed by atoms with Crippen LogP contribution in [0.2, 0.25) is 0 Å². The smallest absolute Gasteiger partial charge is 0.251 e. The number of nitrogens with zero attached hydrogens (tertiary/aromatic N) is 2. The summed E-state index contributed by atoms with van der Waals surface area (Å²) < 4.78 is 5.46. The Kier molecular flexibility index (Phi) is 5.32. The van der Waals surface area contributed by atoms with Gasteiger partial charge in [0, 0.05) is 61.9 Å². The maximum atomic E-state index is 12.6. The van der Waals surface area contributed by atoms with Gasteiger partial charge in [0.1, 0.15) is 5.82 Å². The molecule has 2 fully saturated rings. The molecule has 2 aromatic rings. The molecule has 0 saturated carbocycles. The zero-order chi connectivity index (χ0) is 17.8. The summed E-state index contributed by atoms with van der Waals surface area (Å²) >= 11 is 0. The molecule has 6 nitrogen and oxygen atoms in total. The SMILES string of the molecule is O=C(NC1CCN(C2CCOCC2)CC1)c1cccc(-c2ncc[nH]2)c1. The van der Waals surface area contributed by atoms with Crippen LogP contribution in [0.3, 0.4) is 0 Å². The lowest BCUT2D eigenvalue weighted by Gasteiger charge is -2.39. The fourth-order valence-corrected chi connectivity index (χ4v) is 3.96. The van der Waals surface area contributed by atoms with E-state index in [0.717, 1.165) is 63.4 Å². The molecular formula is C20H26N4O2. The van der Waals surface area contributed by atoms with Gasteiger partial charge in [0.2, 0.25) is 0 Å². The van der Waals surface area contributed by atoms with Crippen molar-refractivity contribution < 1.29 is 9.53 Å². The number of benzene rings is 1. The van der Waals surface area contributed by atoms with Crippen molar-refractivity contribution in [2.24, 2.45) is 0 Å². The van der Waals surface area contributed by atoms with E-state index in [4.69, 9.17) is 4.74 Å². The minimum absolute atomic E-state index is 0.00271. The highest BCUT2D eigenvalue weighted by Crippen LogP contribution is 2.21. The van der Waals surface area contributed by atoms with E-state index in [1.807, 2.05) is 24.3 Å². The third kappa shape index (κ3) is 3.97. The predicted molar refractivity (Wildman–Crippen MR) is 99.9 cm³/mol. The summed E-state index contributed by atoms with van der Waals surface area (Å²) in [6.07, 6.45) is 7.80. The maximum absolute atomic E-state index is 12.6. The lowest BCUT2D eigenvalue weighted by molar-refractivity contribution is 0.0238. The van der Waals surface area contributed by atoms with E-state index < -0.39 is 0 Å². The van der Waals surface area contributed by atoms with Crippen molar-refractivity contribution >= 4 is 5.91 Å². The van der Waals surface area contributed by atoms with Crippen LogP contribution >= 0.6 is 0 Å². The Morgan fingerprint density at radius 1 is 1.19 bits per heavy atom. The van der Waals surface area contributed by atoms with Crippen LogP contribution in [0.5, 0.6) is 0 Å². The van der Waals surface area contributed by atoms with Crippen molar-refractivity contribution in [1.29, 1.82) is 0 Å². The van der Waals surface area contributed by atoms with Crippen molar-refractivity contribution in [2.45, 2.75) is 37.8 Å². The summed E-state index contributed by atoms with van der Waals surface area (Å²) in [6, 6.07) is 8.53. The maximum Gasteiger partial charge on any atom is 0.251 e. The van der Waals surface area contributed by atoms with E-state index in [9.17, 15) is 4.79 Å². The topological polar surface area (TPSA) is 70.2 Å². The van der Waals surface area contributed by atoms with Gasteiger partial charge in [0.25, 0.3) is 5.91 Å². The van der Waals surface area contributed by atoms with Gasteiger partial charge in [-0.05, 0) is 37.8 Å². The van der Waals surface area contributed by atoms with Crippen molar-refractivity contribution in [3.8, 4) is 11.4 Å². The zero-order valence-electron chi connectivity index (χ0n) is 15.0. The number of H-pyrrole nitrogens is 1. The number of aromatic nitrogens is 2. The molecular weight excluding hydrogens is 328 g/mol. The average molecular weight is 354 g/mol. The van der Waals surface area contributed by atoms with Gasteiger partial charge in [-0.15, -0.1) is 0 Å². The molecule has 3 heterocycles. The number of amides is 1.